The van der Waals surface area contributed by atoms with E-state index in [1.807, 2.05) is 45.9 Å². The first-order valence-corrected chi connectivity index (χ1v) is 6.36. The van der Waals surface area contributed by atoms with Gasteiger partial charge >= 0.3 is 5.97 Å². The SMILES string of the molecule is CC(CC(=O)OC(C)(C)C)NCc1ccccc1. The van der Waals surface area contributed by atoms with Crippen LogP contribution in [-0.4, -0.2) is 17.6 Å². The van der Waals surface area contributed by atoms with E-state index in [2.05, 4.69) is 17.4 Å². The number of carbonyl (C=O) groups excluding carboxylic acids is 1. The summed E-state index contributed by atoms with van der Waals surface area (Å²) in [7, 11) is 0. The fourth-order valence-corrected chi connectivity index (χ4v) is 1.59. The highest BCUT2D eigenvalue weighted by Gasteiger charge is 2.18. The lowest BCUT2D eigenvalue weighted by Crippen LogP contribution is -2.31. The van der Waals surface area contributed by atoms with E-state index in [1.54, 1.807) is 0 Å². The first-order chi connectivity index (χ1) is 8.37. The molecule has 100 valence electrons. The summed E-state index contributed by atoms with van der Waals surface area (Å²) in [4.78, 5) is 11.6. The van der Waals surface area contributed by atoms with E-state index in [9.17, 15) is 4.79 Å². The van der Waals surface area contributed by atoms with Crippen LogP contribution in [0.1, 0.15) is 39.7 Å². The van der Waals surface area contributed by atoms with Crippen molar-refractivity contribution in [1.82, 2.24) is 5.32 Å². The molecule has 0 aliphatic heterocycles. The summed E-state index contributed by atoms with van der Waals surface area (Å²) < 4.78 is 5.28. The van der Waals surface area contributed by atoms with Crippen LogP contribution in [-0.2, 0) is 16.1 Å². The molecular weight excluding hydrogens is 226 g/mol. The van der Waals surface area contributed by atoms with Gasteiger partial charge in [-0.15, -0.1) is 0 Å². The molecule has 0 bridgehead atoms. The number of hydrogen-bond acceptors (Lipinski definition) is 3. The molecule has 0 radical (unpaired) electrons. The molecule has 1 unspecified atom stereocenters. The predicted molar refractivity (Wildman–Crippen MR) is 73.2 cm³/mol. The molecule has 0 spiro atoms. The van der Waals surface area contributed by atoms with E-state index in [0.717, 1.165) is 6.54 Å². The van der Waals surface area contributed by atoms with Crippen molar-refractivity contribution in [2.24, 2.45) is 0 Å². The van der Waals surface area contributed by atoms with Crippen molar-refractivity contribution >= 4 is 5.97 Å². The summed E-state index contributed by atoms with van der Waals surface area (Å²) >= 11 is 0. The number of ether oxygens (including phenoxy) is 1. The number of rotatable bonds is 5. The zero-order valence-electron chi connectivity index (χ0n) is 11.7. The number of esters is 1. The Morgan fingerprint density at radius 3 is 2.44 bits per heavy atom. The molecule has 1 rings (SSSR count). The topological polar surface area (TPSA) is 38.3 Å². The number of nitrogens with one attached hydrogen (secondary N) is 1. The van der Waals surface area contributed by atoms with Gasteiger partial charge in [-0.25, -0.2) is 0 Å². The predicted octanol–water partition coefficient (Wildman–Crippen LogP) is 2.90. The van der Waals surface area contributed by atoms with Gasteiger partial charge in [-0.1, -0.05) is 30.3 Å². The Kier molecular flexibility index (Phi) is 5.35. The average molecular weight is 249 g/mol. The van der Waals surface area contributed by atoms with E-state index >= 15 is 0 Å². The lowest BCUT2D eigenvalue weighted by molar-refractivity contribution is -0.155. The zero-order chi connectivity index (χ0) is 13.6. The second-order valence-corrected chi connectivity index (χ2v) is 5.56. The highest BCUT2D eigenvalue weighted by atomic mass is 16.6. The first-order valence-electron chi connectivity index (χ1n) is 6.36. The average Bonchev–Trinajstić information content (AvgIpc) is 2.25. The minimum atomic E-state index is -0.407. The quantitative estimate of drug-likeness (QED) is 0.815. The Morgan fingerprint density at radius 2 is 1.89 bits per heavy atom. The lowest BCUT2D eigenvalue weighted by Gasteiger charge is -2.21. The van der Waals surface area contributed by atoms with Crippen molar-refractivity contribution in [2.75, 3.05) is 0 Å². The Morgan fingerprint density at radius 1 is 1.28 bits per heavy atom. The molecule has 0 saturated heterocycles. The van der Waals surface area contributed by atoms with Crippen molar-refractivity contribution in [3.63, 3.8) is 0 Å². The van der Waals surface area contributed by atoms with Gasteiger partial charge in [-0.3, -0.25) is 4.79 Å². The molecule has 0 amide bonds. The Hall–Kier alpha value is -1.35. The maximum atomic E-state index is 11.6. The number of hydrogen-bond donors (Lipinski definition) is 1. The Bertz CT molecular complexity index is 368. The zero-order valence-corrected chi connectivity index (χ0v) is 11.7. The first kappa shape index (κ1) is 14.7. The van der Waals surface area contributed by atoms with Crippen LogP contribution in [0.3, 0.4) is 0 Å². The van der Waals surface area contributed by atoms with Crippen molar-refractivity contribution in [3.8, 4) is 0 Å². The molecule has 0 aliphatic rings. The highest BCUT2D eigenvalue weighted by molar-refractivity contribution is 5.70. The summed E-state index contributed by atoms with van der Waals surface area (Å²) in [5.74, 6) is -0.157. The van der Waals surface area contributed by atoms with Gasteiger partial charge in [0.1, 0.15) is 5.60 Å². The summed E-state index contributed by atoms with van der Waals surface area (Å²) in [5, 5.41) is 3.31. The van der Waals surface area contributed by atoms with Crippen LogP contribution in [0.5, 0.6) is 0 Å². The molecule has 1 atom stereocenters. The second-order valence-electron chi connectivity index (χ2n) is 5.56. The molecule has 3 nitrogen and oxygen atoms in total. The van der Waals surface area contributed by atoms with Crippen LogP contribution in [0.2, 0.25) is 0 Å². The third-order valence-corrected chi connectivity index (χ3v) is 2.39. The van der Waals surface area contributed by atoms with E-state index < -0.39 is 5.60 Å². The molecule has 3 heteroatoms. The van der Waals surface area contributed by atoms with Crippen molar-refractivity contribution in [2.45, 2.75) is 52.3 Å². The van der Waals surface area contributed by atoms with Gasteiger partial charge in [-0.2, -0.15) is 0 Å². The fraction of sp³-hybridized carbons (Fsp3) is 0.533. The Balaban J connectivity index is 2.29. The maximum absolute atomic E-state index is 11.6. The minimum absolute atomic E-state index is 0.111. The number of carbonyl (C=O) groups is 1. The third-order valence-electron chi connectivity index (χ3n) is 2.39. The smallest absolute Gasteiger partial charge is 0.307 e. The van der Waals surface area contributed by atoms with Crippen molar-refractivity contribution < 1.29 is 9.53 Å². The fourth-order valence-electron chi connectivity index (χ4n) is 1.59. The van der Waals surface area contributed by atoms with Crippen molar-refractivity contribution in [3.05, 3.63) is 35.9 Å². The summed E-state index contributed by atoms with van der Waals surface area (Å²) in [6, 6.07) is 10.2. The van der Waals surface area contributed by atoms with Crippen molar-refractivity contribution in [1.29, 1.82) is 0 Å². The standard InChI is InChI=1S/C15H23NO2/c1-12(10-14(17)18-15(2,3)4)16-11-13-8-6-5-7-9-13/h5-9,12,16H,10-11H2,1-4H3. The third kappa shape index (κ3) is 6.40. The van der Waals surface area contributed by atoms with Crippen LogP contribution >= 0.6 is 0 Å². The van der Waals surface area contributed by atoms with Crippen LogP contribution in [0.4, 0.5) is 0 Å². The maximum Gasteiger partial charge on any atom is 0.307 e. The van der Waals surface area contributed by atoms with Gasteiger partial charge in [0.05, 0.1) is 6.42 Å². The minimum Gasteiger partial charge on any atom is -0.460 e. The van der Waals surface area contributed by atoms with Crippen LogP contribution in [0, 0.1) is 0 Å². The van der Waals surface area contributed by atoms with Crippen LogP contribution in [0.15, 0.2) is 30.3 Å². The second kappa shape index (κ2) is 6.55. The lowest BCUT2D eigenvalue weighted by atomic mass is 10.1. The molecule has 1 aromatic carbocycles. The normalized spacial score (nSPS) is 13.1. The van der Waals surface area contributed by atoms with E-state index in [0.29, 0.717) is 6.42 Å². The molecular formula is C15H23NO2. The van der Waals surface area contributed by atoms with Gasteiger partial charge in [0.25, 0.3) is 0 Å². The molecule has 1 aromatic rings. The molecule has 0 fully saturated rings. The summed E-state index contributed by atoms with van der Waals surface area (Å²) in [6.07, 6.45) is 0.393. The van der Waals surface area contributed by atoms with E-state index in [1.165, 1.54) is 5.56 Å². The van der Waals surface area contributed by atoms with Gasteiger partial charge in [0, 0.05) is 12.6 Å². The van der Waals surface area contributed by atoms with E-state index in [-0.39, 0.29) is 12.0 Å². The number of benzene rings is 1. The van der Waals surface area contributed by atoms with E-state index in [4.69, 9.17) is 4.74 Å². The highest BCUT2D eigenvalue weighted by Crippen LogP contribution is 2.09. The van der Waals surface area contributed by atoms with Crippen LogP contribution in [0.25, 0.3) is 0 Å². The molecule has 0 aromatic heterocycles. The molecule has 18 heavy (non-hydrogen) atoms. The molecule has 0 saturated carbocycles. The summed E-state index contributed by atoms with van der Waals surface area (Å²) in [5.41, 5.74) is 0.810. The molecule has 1 N–H and O–H groups in total. The Labute approximate surface area is 110 Å². The van der Waals surface area contributed by atoms with Gasteiger partial charge < -0.3 is 10.1 Å². The van der Waals surface area contributed by atoms with Crippen LogP contribution < -0.4 is 5.32 Å². The monoisotopic (exact) mass is 249 g/mol. The van der Waals surface area contributed by atoms with Gasteiger partial charge in [-0.05, 0) is 33.3 Å². The molecule has 0 aliphatic carbocycles. The molecule has 0 heterocycles. The summed E-state index contributed by atoms with van der Waals surface area (Å²) in [6.45, 7) is 8.41. The van der Waals surface area contributed by atoms with Gasteiger partial charge in [0.15, 0.2) is 0 Å². The van der Waals surface area contributed by atoms with Gasteiger partial charge in [0.2, 0.25) is 0 Å². The largest absolute Gasteiger partial charge is 0.460 e.